The van der Waals surface area contributed by atoms with Crippen molar-refractivity contribution in [3.8, 4) is 5.75 Å². The van der Waals surface area contributed by atoms with Crippen molar-refractivity contribution in [2.24, 2.45) is 5.92 Å². The fourth-order valence-electron chi connectivity index (χ4n) is 3.84. The molecule has 1 atom stereocenters. The highest BCUT2D eigenvalue weighted by Crippen LogP contribution is 2.28. The minimum atomic E-state index is -0.0587. The Hall–Kier alpha value is -2.40. The number of aromatic nitrogens is 1. The Morgan fingerprint density at radius 1 is 1.08 bits per heavy atom. The molecule has 3 heterocycles. The van der Waals surface area contributed by atoms with Crippen molar-refractivity contribution in [2.75, 3.05) is 32.8 Å². The number of carbonyl (C=O) groups excluding carboxylic acids is 1. The van der Waals surface area contributed by atoms with Crippen LogP contribution in [0.25, 0.3) is 0 Å². The number of ether oxygens (including phenoxy) is 1. The second-order valence-electron chi connectivity index (χ2n) is 7.13. The summed E-state index contributed by atoms with van der Waals surface area (Å²) in [6.07, 6.45) is 5.47. The van der Waals surface area contributed by atoms with Gasteiger partial charge in [0.1, 0.15) is 12.4 Å². The average Bonchev–Trinajstić information content (AvgIpc) is 2.93. The van der Waals surface area contributed by atoms with Gasteiger partial charge in [0.05, 0.1) is 5.92 Å². The summed E-state index contributed by atoms with van der Waals surface area (Å²) in [4.78, 5) is 21.5. The third-order valence-electron chi connectivity index (χ3n) is 5.28. The summed E-state index contributed by atoms with van der Waals surface area (Å²) in [5, 5.41) is 0. The summed E-state index contributed by atoms with van der Waals surface area (Å²) in [5.74, 6) is 1.11. The second-order valence-corrected chi connectivity index (χ2v) is 7.13. The van der Waals surface area contributed by atoms with E-state index in [-0.39, 0.29) is 11.8 Å². The molecule has 1 aromatic heterocycles. The van der Waals surface area contributed by atoms with Gasteiger partial charge in [-0.2, -0.15) is 0 Å². The highest BCUT2D eigenvalue weighted by atomic mass is 16.5. The Bertz CT molecular complexity index is 750. The summed E-state index contributed by atoms with van der Waals surface area (Å²) in [6, 6.07) is 12.2. The highest BCUT2D eigenvalue weighted by Gasteiger charge is 2.30. The van der Waals surface area contributed by atoms with Gasteiger partial charge < -0.3 is 9.64 Å². The maximum Gasteiger partial charge on any atom is 0.229 e. The maximum absolute atomic E-state index is 13.0. The van der Waals surface area contributed by atoms with Crippen LogP contribution < -0.4 is 4.74 Å². The number of para-hydroxylation sites is 1. The molecule has 2 aliphatic rings. The Labute approximate surface area is 154 Å². The smallest absolute Gasteiger partial charge is 0.229 e. The molecule has 136 valence electrons. The van der Waals surface area contributed by atoms with E-state index in [1.54, 1.807) is 0 Å². The molecule has 1 saturated heterocycles. The zero-order valence-corrected chi connectivity index (χ0v) is 15.0. The molecule has 0 radical (unpaired) electrons. The molecule has 0 spiro atoms. The van der Waals surface area contributed by atoms with Gasteiger partial charge in [0.25, 0.3) is 0 Å². The third kappa shape index (κ3) is 3.88. The van der Waals surface area contributed by atoms with Crippen molar-refractivity contribution < 1.29 is 9.53 Å². The Morgan fingerprint density at radius 2 is 1.92 bits per heavy atom. The molecule has 5 heteroatoms. The van der Waals surface area contributed by atoms with Crippen LogP contribution in [0.1, 0.15) is 17.5 Å². The molecule has 26 heavy (non-hydrogen) atoms. The van der Waals surface area contributed by atoms with Crippen molar-refractivity contribution in [3.63, 3.8) is 0 Å². The van der Waals surface area contributed by atoms with Crippen molar-refractivity contribution in [2.45, 2.75) is 19.4 Å². The number of nitrogens with zero attached hydrogens (tertiary/aromatic N) is 3. The van der Waals surface area contributed by atoms with E-state index in [0.29, 0.717) is 6.61 Å². The number of hydrogen-bond donors (Lipinski definition) is 0. The standard InChI is InChI=1S/C21H25N3O2/c25-21(19-14-18-4-1-2-5-20(18)26-16-19)24-11-3-10-23(12-13-24)15-17-6-8-22-9-7-17/h1-2,4-9,19H,3,10-16H2. The van der Waals surface area contributed by atoms with Crippen molar-refractivity contribution >= 4 is 5.91 Å². The first kappa shape index (κ1) is 17.0. The van der Waals surface area contributed by atoms with Crippen LogP contribution in [0.2, 0.25) is 0 Å². The molecular formula is C21H25N3O2. The Morgan fingerprint density at radius 3 is 2.81 bits per heavy atom. The van der Waals surface area contributed by atoms with Crippen molar-refractivity contribution in [3.05, 3.63) is 59.9 Å². The number of amides is 1. The lowest BCUT2D eigenvalue weighted by Crippen LogP contribution is -2.42. The first-order chi connectivity index (χ1) is 12.8. The number of fused-ring (bicyclic) bond motifs is 1. The lowest BCUT2D eigenvalue weighted by molar-refractivity contribution is -0.136. The molecule has 0 N–H and O–H groups in total. The third-order valence-corrected chi connectivity index (χ3v) is 5.28. The predicted octanol–water partition coefficient (Wildman–Crippen LogP) is 2.37. The molecule has 1 amide bonds. The predicted molar refractivity (Wildman–Crippen MR) is 99.8 cm³/mol. The minimum absolute atomic E-state index is 0.0587. The largest absolute Gasteiger partial charge is 0.492 e. The van der Waals surface area contributed by atoms with E-state index in [9.17, 15) is 4.79 Å². The molecule has 5 nitrogen and oxygen atoms in total. The van der Waals surface area contributed by atoms with Gasteiger partial charge in [-0.3, -0.25) is 14.7 Å². The number of carbonyl (C=O) groups is 1. The number of benzene rings is 1. The number of hydrogen-bond acceptors (Lipinski definition) is 4. The number of rotatable bonds is 3. The number of pyridine rings is 1. The molecular weight excluding hydrogens is 326 g/mol. The molecule has 4 rings (SSSR count). The van der Waals surface area contributed by atoms with E-state index in [1.165, 1.54) is 5.56 Å². The Kier molecular flexibility index (Phi) is 5.16. The van der Waals surface area contributed by atoms with E-state index >= 15 is 0 Å². The summed E-state index contributed by atoms with van der Waals surface area (Å²) in [5.41, 5.74) is 2.42. The van der Waals surface area contributed by atoms with E-state index in [0.717, 1.165) is 56.9 Å². The van der Waals surface area contributed by atoms with Gasteiger partial charge in [-0.05, 0) is 42.2 Å². The van der Waals surface area contributed by atoms with E-state index in [1.807, 2.05) is 35.5 Å². The molecule has 1 unspecified atom stereocenters. The van der Waals surface area contributed by atoms with Gasteiger partial charge in [0, 0.05) is 45.1 Å². The fraction of sp³-hybridized carbons (Fsp3) is 0.429. The molecule has 1 aromatic carbocycles. The van der Waals surface area contributed by atoms with Crippen molar-refractivity contribution in [1.82, 2.24) is 14.8 Å². The van der Waals surface area contributed by atoms with Crippen LogP contribution in [0.5, 0.6) is 5.75 Å². The van der Waals surface area contributed by atoms with Crippen LogP contribution >= 0.6 is 0 Å². The SMILES string of the molecule is O=C(C1COc2ccccc2C1)N1CCCN(Cc2ccncc2)CC1. The van der Waals surface area contributed by atoms with Crippen molar-refractivity contribution in [1.29, 1.82) is 0 Å². The van der Waals surface area contributed by atoms with Crippen LogP contribution in [-0.2, 0) is 17.8 Å². The zero-order chi connectivity index (χ0) is 17.8. The summed E-state index contributed by atoms with van der Waals surface area (Å²) in [7, 11) is 0. The zero-order valence-electron chi connectivity index (χ0n) is 15.0. The van der Waals surface area contributed by atoms with Crippen LogP contribution in [0.15, 0.2) is 48.8 Å². The molecule has 2 aromatic rings. The average molecular weight is 351 g/mol. The molecule has 0 bridgehead atoms. The van der Waals surface area contributed by atoms with Crippen LogP contribution in [-0.4, -0.2) is 53.5 Å². The fourth-order valence-corrected chi connectivity index (χ4v) is 3.84. The van der Waals surface area contributed by atoms with E-state index in [4.69, 9.17) is 4.74 Å². The van der Waals surface area contributed by atoms with E-state index in [2.05, 4.69) is 28.1 Å². The first-order valence-electron chi connectivity index (χ1n) is 9.40. The van der Waals surface area contributed by atoms with Gasteiger partial charge in [-0.1, -0.05) is 18.2 Å². The van der Waals surface area contributed by atoms with Crippen LogP contribution in [0, 0.1) is 5.92 Å². The minimum Gasteiger partial charge on any atom is -0.492 e. The van der Waals surface area contributed by atoms with E-state index < -0.39 is 0 Å². The molecule has 0 aliphatic carbocycles. The lowest BCUT2D eigenvalue weighted by Gasteiger charge is -2.29. The van der Waals surface area contributed by atoms with Gasteiger partial charge in [0.15, 0.2) is 0 Å². The summed E-state index contributed by atoms with van der Waals surface area (Å²) >= 11 is 0. The first-order valence-corrected chi connectivity index (χ1v) is 9.40. The highest BCUT2D eigenvalue weighted by molar-refractivity contribution is 5.79. The van der Waals surface area contributed by atoms with Gasteiger partial charge in [-0.25, -0.2) is 0 Å². The van der Waals surface area contributed by atoms with Gasteiger partial charge >= 0.3 is 0 Å². The quantitative estimate of drug-likeness (QED) is 0.852. The van der Waals surface area contributed by atoms with Crippen LogP contribution in [0.3, 0.4) is 0 Å². The molecule has 1 fully saturated rings. The van der Waals surface area contributed by atoms with Gasteiger partial charge in [0.2, 0.25) is 5.91 Å². The van der Waals surface area contributed by atoms with Gasteiger partial charge in [-0.15, -0.1) is 0 Å². The summed E-state index contributed by atoms with van der Waals surface area (Å²) in [6.45, 7) is 4.98. The molecule has 0 saturated carbocycles. The second kappa shape index (κ2) is 7.87. The topological polar surface area (TPSA) is 45.7 Å². The maximum atomic E-state index is 13.0. The Balaban J connectivity index is 1.35. The lowest BCUT2D eigenvalue weighted by atomic mass is 9.95. The normalized spacial score (nSPS) is 20.8. The monoisotopic (exact) mass is 351 g/mol. The van der Waals surface area contributed by atoms with Crippen LogP contribution in [0.4, 0.5) is 0 Å². The molecule has 2 aliphatic heterocycles. The summed E-state index contributed by atoms with van der Waals surface area (Å²) < 4.78 is 5.82.